The van der Waals surface area contributed by atoms with E-state index in [9.17, 15) is 13.2 Å². The first-order valence-corrected chi connectivity index (χ1v) is 6.68. The minimum Gasteiger partial charge on any atom is -0.405 e. The summed E-state index contributed by atoms with van der Waals surface area (Å²) in [5, 5.41) is 2.85. The minimum atomic E-state index is -4.77. The molecule has 0 unspecified atom stereocenters. The summed E-state index contributed by atoms with van der Waals surface area (Å²) >= 11 is 3.32. The van der Waals surface area contributed by atoms with Gasteiger partial charge in [0.25, 0.3) is 0 Å². The lowest BCUT2D eigenvalue weighted by molar-refractivity contribution is -0.274. The highest BCUT2D eigenvalue weighted by atomic mass is 79.9. The SMILES string of the molecule is CNc1nc(-c2ccccc2OC(F)(F)F)nc(C)c1Br. The number of para-hydroxylation sites is 1. The summed E-state index contributed by atoms with van der Waals surface area (Å²) in [7, 11) is 1.66. The molecule has 1 aromatic carbocycles. The number of hydrogen-bond acceptors (Lipinski definition) is 4. The number of rotatable bonds is 3. The molecule has 0 fully saturated rings. The Kier molecular flexibility index (Phi) is 4.36. The molecule has 8 heteroatoms. The summed E-state index contributed by atoms with van der Waals surface area (Å²) < 4.78 is 42.0. The molecule has 2 aromatic rings. The van der Waals surface area contributed by atoms with Gasteiger partial charge in [0.1, 0.15) is 11.6 Å². The predicted octanol–water partition coefficient (Wildman–Crippen LogP) is 4.15. The Morgan fingerprint density at radius 1 is 1.19 bits per heavy atom. The summed E-state index contributed by atoms with van der Waals surface area (Å²) in [6, 6.07) is 5.75. The Bertz CT molecular complexity index is 662. The number of anilines is 1. The molecule has 0 atom stereocenters. The third-order valence-electron chi connectivity index (χ3n) is 2.61. The molecule has 0 saturated carbocycles. The van der Waals surface area contributed by atoms with Gasteiger partial charge in [-0.1, -0.05) is 12.1 Å². The number of nitrogens with zero attached hydrogens (tertiary/aromatic N) is 2. The topological polar surface area (TPSA) is 47.0 Å². The molecule has 112 valence electrons. The van der Waals surface area contributed by atoms with Crippen LogP contribution in [0.25, 0.3) is 11.4 Å². The summed E-state index contributed by atoms with van der Waals surface area (Å²) in [6.45, 7) is 1.73. The van der Waals surface area contributed by atoms with E-state index in [1.807, 2.05) is 0 Å². The van der Waals surface area contributed by atoms with Crippen LogP contribution in [0.1, 0.15) is 5.69 Å². The molecule has 4 nitrogen and oxygen atoms in total. The van der Waals surface area contributed by atoms with E-state index in [0.29, 0.717) is 16.0 Å². The second-order valence-electron chi connectivity index (χ2n) is 4.09. The lowest BCUT2D eigenvalue weighted by Gasteiger charge is -2.14. The van der Waals surface area contributed by atoms with Crippen molar-refractivity contribution < 1.29 is 17.9 Å². The number of halogens is 4. The number of aromatic nitrogens is 2. The molecule has 0 radical (unpaired) electrons. The van der Waals surface area contributed by atoms with Crippen LogP contribution < -0.4 is 10.1 Å². The largest absolute Gasteiger partial charge is 0.573 e. The first-order chi connectivity index (χ1) is 9.81. The Hall–Kier alpha value is -1.83. The molecule has 1 N–H and O–H groups in total. The molecule has 2 rings (SSSR count). The van der Waals surface area contributed by atoms with E-state index in [1.165, 1.54) is 18.2 Å². The zero-order chi connectivity index (χ0) is 15.6. The van der Waals surface area contributed by atoms with Crippen molar-refractivity contribution >= 4 is 21.7 Å². The molecule has 0 amide bonds. The van der Waals surface area contributed by atoms with Crippen molar-refractivity contribution in [1.29, 1.82) is 0 Å². The zero-order valence-corrected chi connectivity index (χ0v) is 12.7. The van der Waals surface area contributed by atoms with Crippen LogP contribution in [-0.4, -0.2) is 23.4 Å². The van der Waals surface area contributed by atoms with Crippen LogP contribution in [0.4, 0.5) is 19.0 Å². The van der Waals surface area contributed by atoms with Crippen molar-refractivity contribution in [3.8, 4) is 17.1 Å². The van der Waals surface area contributed by atoms with Gasteiger partial charge in [-0.3, -0.25) is 0 Å². The van der Waals surface area contributed by atoms with Gasteiger partial charge in [0, 0.05) is 7.05 Å². The first-order valence-electron chi connectivity index (χ1n) is 5.89. The van der Waals surface area contributed by atoms with Gasteiger partial charge in [0.15, 0.2) is 5.82 Å². The zero-order valence-electron chi connectivity index (χ0n) is 11.1. The highest BCUT2D eigenvalue weighted by Gasteiger charge is 2.32. The maximum atomic E-state index is 12.4. The Labute approximate surface area is 127 Å². The normalized spacial score (nSPS) is 11.3. The fourth-order valence-corrected chi connectivity index (χ4v) is 2.09. The molecule has 1 heterocycles. The van der Waals surface area contributed by atoms with Crippen LogP contribution in [0, 0.1) is 6.92 Å². The lowest BCUT2D eigenvalue weighted by Crippen LogP contribution is -2.17. The fourth-order valence-electron chi connectivity index (χ4n) is 1.71. The molecular formula is C13H11BrF3N3O. The van der Waals surface area contributed by atoms with Crippen molar-refractivity contribution in [1.82, 2.24) is 9.97 Å². The van der Waals surface area contributed by atoms with Gasteiger partial charge in [-0.25, -0.2) is 9.97 Å². The van der Waals surface area contributed by atoms with Gasteiger partial charge >= 0.3 is 6.36 Å². The van der Waals surface area contributed by atoms with Gasteiger partial charge in [-0.15, -0.1) is 13.2 Å². The second kappa shape index (κ2) is 5.88. The Balaban J connectivity index is 2.55. The highest BCUT2D eigenvalue weighted by Crippen LogP contribution is 2.34. The average molecular weight is 362 g/mol. The fraction of sp³-hybridized carbons (Fsp3) is 0.231. The van der Waals surface area contributed by atoms with Crippen LogP contribution in [-0.2, 0) is 0 Å². The van der Waals surface area contributed by atoms with Gasteiger partial charge < -0.3 is 10.1 Å². The van der Waals surface area contributed by atoms with E-state index in [0.717, 1.165) is 0 Å². The summed E-state index contributed by atoms with van der Waals surface area (Å²) in [4.78, 5) is 8.39. The highest BCUT2D eigenvalue weighted by molar-refractivity contribution is 9.10. The third kappa shape index (κ3) is 3.63. The standard InChI is InChI=1S/C13H11BrF3N3O/c1-7-10(14)12(18-2)20-11(19-7)8-5-3-4-6-9(8)21-13(15,16)17/h3-6H,1-2H3,(H,18,19,20). The molecule has 21 heavy (non-hydrogen) atoms. The minimum absolute atomic E-state index is 0.153. The summed E-state index contributed by atoms with van der Waals surface area (Å²) in [6.07, 6.45) is -4.77. The van der Waals surface area contributed by atoms with E-state index in [1.54, 1.807) is 20.0 Å². The average Bonchev–Trinajstić information content (AvgIpc) is 2.40. The molecule has 0 saturated heterocycles. The number of benzene rings is 1. The van der Waals surface area contributed by atoms with E-state index in [-0.39, 0.29) is 17.1 Å². The second-order valence-corrected chi connectivity index (χ2v) is 4.88. The quantitative estimate of drug-likeness (QED) is 0.891. The van der Waals surface area contributed by atoms with Gasteiger partial charge in [-0.2, -0.15) is 0 Å². The van der Waals surface area contributed by atoms with Gasteiger partial charge in [0.05, 0.1) is 15.7 Å². The monoisotopic (exact) mass is 361 g/mol. The third-order valence-corrected chi connectivity index (χ3v) is 3.56. The van der Waals surface area contributed by atoms with E-state index in [4.69, 9.17) is 0 Å². The Morgan fingerprint density at radius 3 is 2.48 bits per heavy atom. The van der Waals surface area contributed by atoms with Crippen molar-refractivity contribution in [2.75, 3.05) is 12.4 Å². The molecule has 0 bridgehead atoms. The maximum Gasteiger partial charge on any atom is 0.573 e. The van der Waals surface area contributed by atoms with Crippen molar-refractivity contribution in [2.24, 2.45) is 0 Å². The molecule has 0 spiro atoms. The Morgan fingerprint density at radius 2 is 1.86 bits per heavy atom. The molecule has 0 aliphatic rings. The van der Waals surface area contributed by atoms with Crippen molar-refractivity contribution in [2.45, 2.75) is 13.3 Å². The number of hydrogen-bond donors (Lipinski definition) is 1. The van der Waals surface area contributed by atoms with E-state index in [2.05, 4.69) is 36.0 Å². The lowest BCUT2D eigenvalue weighted by atomic mass is 10.2. The van der Waals surface area contributed by atoms with Gasteiger partial charge in [-0.05, 0) is 35.0 Å². The molecule has 1 aromatic heterocycles. The van der Waals surface area contributed by atoms with Crippen molar-refractivity contribution in [3.63, 3.8) is 0 Å². The van der Waals surface area contributed by atoms with Crippen LogP contribution in [0.2, 0.25) is 0 Å². The summed E-state index contributed by atoms with van der Waals surface area (Å²) in [5.74, 6) is 0.299. The predicted molar refractivity (Wildman–Crippen MR) is 76.1 cm³/mol. The molecule has 0 aliphatic carbocycles. The van der Waals surface area contributed by atoms with Gasteiger partial charge in [0.2, 0.25) is 0 Å². The van der Waals surface area contributed by atoms with Crippen molar-refractivity contribution in [3.05, 3.63) is 34.4 Å². The van der Waals surface area contributed by atoms with Crippen LogP contribution >= 0.6 is 15.9 Å². The smallest absolute Gasteiger partial charge is 0.405 e. The maximum absolute atomic E-state index is 12.4. The van der Waals surface area contributed by atoms with Crippen LogP contribution in [0.5, 0.6) is 5.75 Å². The van der Waals surface area contributed by atoms with Crippen LogP contribution in [0.3, 0.4) is 0 Å². The molecule has 0 aliphatic heterocycles. The summed E-state index contributed by atoms with van der Waals surface area (Å²) in [5.41, 5.74) is 0.771. The van der Waals surface area contributed by atoms with E-state index >= 15 is 0 Å². The number of nitrogens with one attached hydrogen (secondary N) is 1. The number of ether oxygens (including phenoxy) is 1. The first kappa shape index (κ1) is 15.6. The number of alkyl halides is 3. The van der Waals surface area contributed by atoms with Crippen LogP contribution in [0.15, 0.2) is 28.7 Å². The molecular weight excluding hydrogens is 351 g/mol. The number of aryl methyl sites for hydroxylation is 1. The van der Waals surface area contributed by atoms with E-state index < -0.39 is 6.36 Å².